The molecule has 0 atom stereocenters. The van der Waals surface area contributed by atoms with Gasteiger partial charge in [0.15, 0.2) is 0 Å². The van der Waals surface area contributed by atoms with Crippen molar-refractivity contribution in [2.45, 2.75) is 12.8 Å². The van der Waals surface area contributed by atoms with Crippen LogP contribution in [0.3, 0.4) is 0 Å². The second-order valence-electron chi connectivity index (χ2n) is 1.88. The van der Waals surface area contributed by atoms with Gasteiger partial charge in [0.1, 0.15) is 0 Å². The van der Waals surface area contributed by atoms with Gasteiger partial charge in [0.05, 0.1) is 0 Å². The van der Waals surface area contributed by atoms with E-state index in [1.54, 1.807) is 6.08 Å². The molecule has 0 saturated heterocycles. The molecule has 56 valence electrons. The lowest BCUT2D eigenvalue weighted by Crippen LogP contribution is -2.14. The van der Waals surface area contributed by atoms with Gasteiger partial charge in [0, 0.05) is 11.8 Å². The zero-order chi connectivity index (χ0) is 7.98. The van der Waals surface area contributed by atoms with Crippen LogP contribution in [0.5, 0.6) is 0 Å². The number of hydrogen-bond donors (Lipinski definition) is 2. The summed E-state index contributed by atoms with van der Waals surface area (Å²) in [5.41, 5.74) is 10.5. The van der Waals surface area contributed by atoms with Crippen LogP contribution >= 0.6 is 0 Å². The Labute approximate surface area is 60.4 Å². The van der Waals surface area contributed by atoms with Crippen molar-refractivity contribution in [3.05, 3.63) is 24.4 Å². The van der Waals surface area contributed by atoms with E-state index in [2.05, 4.69) is 6.58 Å². The van der Waals surface area contributed by atoms with Crippen LogP contribution < -0.4 is 11.5 Å². The van der Waals surface area contributed by atoms with Crippen molar-refractivity contribution in [1.29, 1.82) is 0 Å². The fourth-order valence-corrected chi connectivity index (χ4v) is 0.546. The number of primary amides is 1. The first-order valence-electron chi connectivity index (χ1n) is 3.03. The van der Waals surface area contributed by atoms with Gasteiger partial charge >= 0.3 is 0 Å². The van der Waals surface area contributed by atoms with Crippen molar-refractivity contribution in [2.24, 2.45) is 11.5 Å². The monoisotopic (exact) mass is 140 g/mol. The number of hydrogen-bond acceptors (Lipinski definition) is 2. The Bertz CT molecular complexity index is 161. The number of nitrogens with two attached hydrogens (primary N) is 2. The van der Waals surface area contributed by atoms with E-state index in [0.717, 1.165) is 6.42 Å². The zero-order valence-electron chi connectivity index (χ0n) is 5.84. The summed E-state index contributed by atoms with van der Waals surface area (Å²) < 4.78 is 0. The summed E-state index contributed by atoms with van der Waals surface area (Å²) >= 11 is 0. The van der Waals surface area contributed by atoms with Crippen LogP contribution in [0.4, 0.5) is 0 Å². The van der Waals surface area contributed by atoms with Crippen molar-refractivity contribution < 1.29 is 4.79 Å². The van der Waals surface area contributed by atoms with E-state index >= 15 is 0 Å². The minimum absolute atomic E-state index is 0.454. The largest absolute Gasteiger partial charge is 0.404 e. The van der Waals surface area contributed by atoms with E-state index in [-0.39, 0.29) is 0 Å². The van der Waals surface area contributed by atoms with Crippen LogP contribution in [-0.4, -0.2) is 5.91 Å². The average molecular weight is 140 g/mol. The lowest BCUT2D eigenvalue weighted by Gasteiger charge is -1.96. The fraction of sp³-hybridized carbons (Fsp3) is 0.286. The number of amides is 1. The molecular formula is C7H12N2O. The number of rotatable bonds is 4. The molecule has 0 saturated carbocycles. The van der Waals surface area contributed by atoms with Crippen molar-refractivity contribution in [1.82, 2.24) is 0 Å². The quantitative estimate of drug-likeness (QED) is 0.435. The molecule has 0 rings (SSSR count). The van der Waals surface area contributed by atoms with Crippen LogP contribution in [0.2, 0.25) is 0 Å². The fourth-order valence-electron chi connectivity index (χ4n) is 0.546. The summed E-state index contributed by atoms with van der Waals surface area (Å²) in [5, 5.41) is 0. The first kappa shape index (κ1) is 8.75. The first-order chi connectivity index (χ1) is 4.72. The molecule has 0 heterocycles. The third kappa shape index (κ3) is 2.91. The molecule has 0 radical (unpaired) electrons. The molecule has 0 aliphatic carbocycles. The van der Waals surface area contributed by atoms with Crippen molar-refractivity contribution in [2.75, 3.05) is 0 Å². The summed E-state index contributed by atoms with van der Waals surface area (Å²) in [7, 11) is 0. The average Bonchev–Trinajstić information content (AvgIpc) is 1.89. The Kier molecular flexibility index (Phi) is 4.04. The van der Waals surface area contributed by atoms with Crippen molar-refractivity contribution in [3.63, 3.8) is 0 Å². The Hall–Kier alpha value is -1.25. The first-order valence-corrected chi connectivity index (χ1v) is 3.03. The Balaban J connectivity index is 3.85. The Morgan fingerprint density at radius 2 is 2.20 bits per heavy atom. The van der Waals surface area contributed by atoms with E-state index in [1.165, 1.54) is 6.20 Å². The highest BCUT2D eigenvalue weighted by atomic mass is 16.1. The third-order valence-corrected chi connectivity index (χ3v) is 1.14. The van der Waals surface area contributed by atoms with E-state index in [4.69, 9.17) is 11.5 Å². The van der Waals surface area contributed by atoms with Crippen LogP contribution in [0.15, 0.2) is 24.4 Å². The minimum atomic E-state index is -0.454. The molecule has 0 fully saturated rings. The van der Waals surface area contributed by atoms with Gasteiger partial charge in [-0.15, -0.1) is 6.58 Å². The van der Waals surface area contributed by atoms with Crippen LogP contribution in [-0.2, 0) is 4.79 Å². The normalized spacial score (nSPS) is 11.0. The summed E-state index contributed by atoms with van der Waals surface area (Å²) in [4.78, 5) is 10.5. The van der Waals surface area contributed by atoms with Gasteiger partial charge in [0.2, 0.25) is 5.91 Å². The van der Waals surface area contributed by atoms with Gasteiger partial charge in [-0.05, 0) is 12.8 Å². The molecule has 0 aromatic rings. The molecule has 3 heteroatoms. The summed E-state index contributed by atoms with van der Waals surface area (Å²) in [5.74, 6) is -0.454. The van der Waals surface area contributed by atoms with Gasteiger partial charge in [0.25, 0.3) is 0 Å². The standard InChI is InChI=1S/C7H12N2O/c1-2-3-4-6(5-8)7(9)10/h2,5H,1,3-4,8H2,(H2,9,10)/b6-5+. The van der Waals surface area contributed by atoms with Gasteiger partial charge in [-0.2, -0.15) is 0 Å². The highest BCUT2D eigenvalue weighted by Crippen LogP contribution is 2.01. The molecular weight excluding hydrogens is 128 g/mol. The SMILES string of the molecule is C=CCC/C(=C\N)C(N)=O. The molecule has 0 aromatic heterocycles. The van der Waals surface area contributed by atoms with Crippen molar-refractivity contribution in [3.8, 4) is 0 Å². The molecule has 0 aromatic carbocycles. The summed E-state index contributed by atoms with van der Waals surface area (Å²) in [6.07, 6.45) is 4.26. The molecule has 0 unspecified atom stereocenters. The molecule has 0 bridgehead atoms. The maximum absolute atomic E-state index is 10.5. The predicted molar refractivity (Wildman–Crippen MR) is 40.9 cm³/mol. The summed E-state index contributed by atoms with van der Waals surface area (Å²) in [6.45, 7) is 3.51. The van der Waals surface area contributed by atoms with Crippen LogP contribution in [0, 0.1) is 0 Å². The van der Waals surface area contributed by atoms with E-state index in [9.17, 15) is 4.79 Å². The van der Waals surface area contributed by atoms with Crippen LogP contribution in [0.1, 0.15) is 12.8 Å². The molecule has 0 aliphatic rings. The van der Waals surface area contributed by atoms with Crippen molar-refractivity contribution >= 4 is 5.91 Å². The zero-order valence-corrected chi connectivity index (χ0v) is 5.84. The molecule has 0 aliphatic heterocycles. The Morgan fingerprint density at radius 3 is 2.50 bits per heavy atom. The van der Waals surface area contributed by atoms with E-state index < -0.39 is 5.91 Å². The molecule has 4 N–H and O–H groups in total. The number of carbonyl (C=O) groups is 1. The lowest BCUT2D eigenvalue weighted by atomic mass is 10.1. The topological polar surface area (TPSA) is 69.1 Å². The van der Waals surface area contributed by atoms with Gasteiger partial charge in [-0.25, -0.2) is 0 Å². The van der Waals surface area contributed by atoms with Gasteiger partial charge in [-0.3, -0.25) is 4.79 Å². The Morgan fingerprint density at radius 1 is 1.60 bits per heavy atom. The van der Waals surface area contributed by atoms with Gasteiger partial charge in [-0.1, -0.05) is 6.08 Å². The van der Waals surface area contributed by atoms with E-state index in [1.807, 2.05) is 0 Å². The second-order valence-corrected chi connectivity index (χ2v) is 1.88. The third-order valence-electron chi connectivity index (χ3n) is 1.14. The second kappa shape index (κ2) is 4.61. The smallest absolute Gasteiger partial charge is 0.246 e. The minimum Gasteiger partial charge on any atom is -0.404 e. The highest BCUT2D eigenvalue weighted by Gasteiger charge is 2.00. The van der Waals surface area contributed by atoms with E-state index in [0.29, 0.717) is 12.0 Å². The molecule has 3 nitrogen and oxygen atoms in total. The maximum atomic E-state index is 10.5. The molecule has 1 amide bonds. The van der Waals surface area contributed by atoms with Gasteiger partial charge < -0.3 is 11.5 Å². The van der Waals surface area contributed by atoms with Crippen LogP contribution in [0.25, 0.3) is 0 Å². The maximum Gasteiger partial charge on any atom is 0.246 e. The number of carbonyl (C=O) groups excluding carboxylic acids is 1. The number of allylic oxidation sites excluding steroid dienone is 1. The molecule has 0 spiro atoms. The highest BCUT2D eigenvalue weighted by molar-refractivity contribution is 5.91. The predicted octanol–water partition coefficient (Wildman–Crippen LogP) is 0.281. The lowest BCUT2D eigenvalue weighted by molar-refractivity contribution is -0.114. The molecule has 10 heavy (non-hydrogen) atoms. The summed E-state index contributed by atoms with van der Waals surface area (Å²) in [6, 6.07) is 0.